The van der Waals surface area contributed by atoms with Crippen LogP contribution in [0.5, 0.6) is 5.75 Å². The van der Waals surface area contributed by atoms with Gasteiger partial charge < -0.3 is 14.0 Å². The number of hydrogen-bond acceptors (Lipinski definition) is 7. The number of fused-ring (bicyclic) bond motifs is 1. The first-order valence-corrected chi connectivity index (χ1v) is 9.48. The van der Waals surface area contributed by atoms with Crippen molar-refractivity contribution in [2.75, 3.05) is 14.2 Å². The van der Waals surface area contributed by atoms with Crippen molar-refractivity contribution < 1.29 is 24.0 Å². The van der Waals surface area contributed by atoms with Gasteiger partial charge in [0.25, 0.3) is 11.6 Å². The molecular weight excluding hydrogens is 410 g/mol. The molecule has 0 N–H and O–H groups in total. The number of nitro groups is 1. The summed E-state index contributed by atoms with van der Waals surface area (Å²) in [5.74, 6) is -0.365. The maximum Gasteiger partial charge on any atom is 0.325 e. The Labute approximate surface area is 174 Å². The van der Waals surface area contributed by atoms with Crippen LogP contribution in [-0.4, -0.2) is 35.6 Å². The number of carbonyl (C=O) groups is 2. The van der Waals surface area contributed by atoms with Crippen molar-refractivity contribution in [1.29, 1.82) is 0 Å². The van der Waals surface area contributed by atoms with Crippen LogP contribution in [0.25, 0.3) is 16.3 Å². The van der Waals surface area contributed by atoms with E-state index < -0.39 is 16.8 Å². The summed E-state index contributed by atoms with van der Waals surface area (Å²) in [7, 11) is 2.84. The topological polar surface area (TPSA) is 113 Å². The maximum absolute atomic E-state index is 12.4. The van der Waals surface area contributed by atoms with E-state index >= 15 is 0 Å². The highest BCUT2D eigenvalue weighted by Crippen LogP contribution is 2.23. The van der Waals surface area contributed by atoms with E-state index in [2.05, 4.69) is 4.99 Å². The molecule has 2 aromatic carbocycles. The summed E-state index contributed by atoms with van der Waals surface area (Å²) in [6.07, 6.45) is 2.77. The van der Waals surface area contributed by atoms with Crippen molar-refractivity contribution in [3.63, 3.8) is 0 Å². The number of ether oxygens (including phenoxy) is 2. The number of thiazole rings is 1. The molecule has 30 heavy (non-hydrogen) atoms. The van der Waals surface area contributed by atoms with Gasteiger partial charge in [0.2, 0.25) is 0 Å². The van der Waals surface area contributed by atoms with Gasteiger partial charge in [0.1, 0.15) is 12.3 Å². The molecule has 0 radical (unpaired) electrons. The van der Waals surface area contributed by atoms with Gasteiger partial charge in [-0.15, -0.1) is 0 Å². The number of non-ortho nitro benzene ring substituents is 1. The van der Waals surface area contributed by atoms with Crippen LogP contribution in [0.1, 0.15) is 5.56 Å². The number of benzene rings is 2. The van der Waals surface area contributed by atoms with Crippen LogP contribution in [0.3, 0.4) is 0 Å². The highest BCUT2D eigenvalue weighted by Gasteiger charge is 2.12. The van der Waals surface area contributed by atoms with Gasteiger partial charge in [0.05, 0.1) is 29.4 Å². The molecule has 0 aliphatic heterocycles. The zero-order chi connectivity index (χ0) is 21.7. The average molecular weight is 427 g/mol. The molecule has 3 rings (SSSR count). The lowest BCUT2D eigenvalue weighted by Crippen LogP contribution is -2.22. The van der Waals surface area contributed by atoms with Gasteiger partial charge in [-0.1, -0.05) is 11.3 Å². The quantitative estimate of drug-likeness (QED) is 0.259. The average Bonchev–Trinajstić information content (AvgIpc) is 3.08. The molecule has 3 aromatic rings. The molecule has 0 aliphatic carbocycles. The standard InChI is InChI=1S/C20H17N3O6S/c1-28-15-8-9-16-17(11-15)30-20(22(16)12-19(25)29-2)21-18(24)10-5-13-3-6-14(7-4-13)23(26)27/h3-11H,12H2,1-2H3/b10-5-,21-20?. The summed E-state index contributed by atoms with van der Waals surface area (Å²) in [6, 6.07) is 11.1. The van der Waals surface area contributed by atoms with Crippen LogP contribution in [-0.2, 0) is 20.9 Å². The van der Waals surface area contributed by atoms with Crippen molar-refractivity contribution >= 4 is 45.2 Å². The largest absolute Gasteiger partial charge is 0.497 e. The SMILES string of the molecule is COC(=O)Cn1c(=NC(=O)/C=C\c2ccc([N+](=O)[O-])cc2)sc2cc(OC)ccc21. The molecule has 0 aliphatic rings. The molecule has 0 atom stereocenters. The summed E-state index contributed by atoms with van der Waals surface area (Å²) in [5.41, 5.74) is 1.30. The third-order valence-electron chi connectivity index (χ3n) is 4.13. The van der Waals surface area contributed by atoms with Crippen LogP contribution in [0, 0.1) is 10.1 Å². The zero-order valence-corrected chi connectivity index (χ0v) is 16.9. The van der Waals surface area contributed by atoms with Crippen molar-refractivity contribution in [2.24, 2.45) is 4.99 Å². The van der Waals surface area contributed by atoms with E-state index in [1.807, 2.05) is 0 Å². The van der Waals surface area contributed by atoms with Gasteiger partial charge in [-0.2, -0.15) is 4.99 Å². The van der Waals surface area contributed by atoms with E-state index in [1.165, 1.54) is 54.9 Å². The minimum atomic E-state index is -0.537. The molecule has 0 unspecified atom stereocenters. The fraction of sp³-hybridized carbons (Fsp3) is 0.150. The summed E-state index contributed by atoms with van der Waals surface area (Å²) < 4.78 is 12.4. The van der Waals surface area contributed by atoms with Crippen LogP contribution in [0.15, 0.2) is 53.5 Å². The monoisotopic (exact) mass is 427 g/mol. The van der Waals surface area contributed by atoms with E-state index in [1.54, 1.807) is 29.9 Å². The molecule has 0 saturated carbocycles. The second-order valence-electron chi connectivity index (χ2n) is 6.01. The Kier molecular flexibility index (Phi) is 6.38. The Balaban J connectivity index is 1.94. The molecule has 1 aromatic heterocycles. The predicted octanol–water partition coefficient (Wildman–Crippen LogP) is 2.93. The van der Waals surface area contributed by atoms with E-state index in [9.17, 15) is 19.7 Å². The molecule has 0 saturated heterocycles. The fourth-order valence-corrected chi connectivity index (χ4v) is 3.68. The van der Waals surface area contributed by atoms with Crippen molar-refractivity contribution in [1.82, 2.24) is 4.57 Å². The normalized spacial score (nSPS) is 11.7. The van der Waals surface area contributed by atoms with Gasteiger partial charge in [0.15, 0.2) is 4.80 Å². The Morgan fingerprint density at radius 3 is 2.57 bits per heavy atom. The van der Waals surface area contributed by atoms with Crippen LogP contribution in [0.4, 0.5) is 5.69 Å². The Bertz CT molecular complexity index is 1210. The van der Waals surface area contributed by atoms with Crippen LogP contribution < -0.4 is 9.54 Å². The molecule has 154 valence electrons. The number of hydrogen-bond donors (Lipinski definition) is 0. The van der Waals surface area contributed by atoms with E-state index in [0.717, 1.165) is 10.2 Å². The number of nitro benzene ring substituents is 1. The number of amides is 1. The van der Waals surface area contributed by atoms with Gasteiger partial charge >= 0.3 is 5.97 Å². The third kappa shape index (κ3) is 4.78. The lowest BCUT2D eigenvalue weighted by atomic mass is 10.2. The molecule has 1 heterocycles. The summed E-state index contributed by atoms with van der Waals surface area (Å²) >= 11 is 1.24. The molecule has 0 spiro atoms. The van der Waals surface area contributed by atoms with Crippen LogP contribution >= 0.6 is 11.3 Å². The highest BCUT2D eigenvalue weighted by molar-refractivity contribution is 7.16. The number of carbonyl (C=O) groups excluding carboxylic acids is 2. The summed E-state index contributed by atoms with van der Waals surface area (Å²) in [6.45, 7) is -0.0962. The Morgan fingerprint density at radius 2 is 1.93 bits per heavy atom. The Morgan fingerprint density at radius 1 is 1.20 bits per heavy atom. The highest BCUT2D eigenvalue weighted by atomic mass is 32.1. The molecule has 1 amide bonds. The minimum Gasteiger partial charge on any atom is -0.497 e. The predicted molar refractivity (Wildman–Crippen MR) is 111 cm³/mol. The summed E-state index contributed by atoms with van der Waals surface area (Å²) in [5, 5.41) is 10.7. The van der Waals surface area contributed by atoms with Gasteiger partial charge in [-0.05, 0) is 42.0 Å². The van der Waals surface area contributed by atoms with Crippen molar-refractivity contribution in [3.8, 4) is 5.75 Å². The van der Waals surface area contributed by atoms with Gasteiger partial charge in [-0.25, -0.2) is 0 Å². The van der Waals surface area contributed by atoms with Crippen molar-refractivity contribution in [2.45, 2.75) is 6.54 Å². The second-order valence-corrected chi connectivity index (χ2v) is 7.02. The first-order valence-electron chi connectivity index (χ1n) is 8.66. The van der Waals surface area contributed by atoms with Crippen molar-refractivity contribution in [3.05, 3.63) is 69.0 Å². The van der Waals surface area contributed by atoms with E-state index in [-0.39, 0.29) is 12.2 Å². The summed E-state index contributed by atoms with van der Waals surface area (Å²) in [4.78, 5) is 38.8. The lowest BCUT2D eigenvalue weighted by Gasteiger charge is -2.04. The number of nitrogens with zero attached hydrogens (tertiary/aromatic N) is 3. The Hall–Kier alpha value is -3.79. The third-order valence-corrected chi connectivity index (χ3v) is 5.17. The molecule has 0 bridgehead atoms. The maximum atomic E-state index is 12.4. The number of rotatable bonds is 6. The minimum absolute atomic E-state index is 0.0345. The van der Waals surface area contributed by atoms with Crippen LogP contribution in [0.2, 0.25) is 0 Å². The number of methoxy groups -OCH3 is 2. The van der Waals surface area contributed by atoms with Gasteiger partial charge in [0, 0.05) is 18.2 Å². The molecule has 10 heteroatoms. The van der Waals surface area contributed by atoms with E-state index in [0.29, 0.717) is 16.1 Å². The zero-order valence-electron chi connectivity index (χ0n) is 16.1. The smallest absolute Gasteiger partial charge is 0.325 e. The molecular formula is C20H17N3O6S. The number of esters is 1. The first-order chi connectivity index (χ1) is 14.4. The fourth-order valence-electron chi connectivity index (χ4n) is 2.62. The molecule has 9 nitrogen and oxygen atoms in total. The van der Waals surface area contributed by atoms with E-state index in [4.69, 9.17) is 9.47 Å². The lowest BCUT2D eigenvalue weighted by molar-refractivity contribution is -0.384. The second kappa shape index (κ2) is 9.14. The molecule has 0 fully saturated rings. The first kappa shape index (κ1) is 20.9. The van der Waals surface area contributed by atoms with Gasteiger partial charge in [-0.3, -0.25) is 19.7 Å². The number of aromatic nitrogens is 1.